The maximum atomic E-state index is 13.4. The van der Waals surface area contributed by atoms with Crippen molar-refractivity contribution in [1.82, 2.24) is 0 Å². The second kappa shape index (κ2) is 10.6. The van der Waals surface area contributed by atoms with Gasteiger partial charge in [-0.25, -0.2) is 14.4 Å². The van der Waals surface area contributed by atoms with Crippen molar-refractivity contribution in [3.63, 3.8) is 0 Å². The molecule has 4 heterocycles. The average Bonchev–Trinajstić information content (AvgIpc) is 2.98. The summed E-state index contributed by atoms with van der Waals surface area (Å²) in [5.74, 6) is -0.315. The molecule has 0 saturated heterocycles. The highest BCUT2D eigenvalue weighted by Gasteiger charge is 2.32. The fraction of sp³-hybridized carbons (Fsp3) is 0.118. The lowest BCUT2D eigenvalue weighted by atomic mass is 9.95. The topological polar surface area (TPSA) is 167 Å². The number of carbonyl (C=O) groups is 1. The molecule has 3 aromatic carbocycles. The smallest absolute Gasteiger partial charge is 0.339 e. The fourth-order valence-electron chi connectivity index (χ4n) is 5.63. The third kappa shape index (κ3) is 5.10. The van der Waals surface area contributed by atoms with Crippen LogP contribution in [0, 0.1) is 0 Å². The molecule has 6 aromatic rings. The summed E-state index contributed by atoms with van der Waals surface area (Å²) < 4.78 is 27.8. The zero-order valence-corrected chi connectivity index (χ0v) is 23.5. The molecule has 1 unspecified atom stereocenters. The van der Waals surface area contributed by atoms with Crippen molar-refractivity contribution in [1.29, 1.82) is 0 Å². The summed E-state index contributed by atoms with van der Waals surface area (Å²) in [5.41, 5.74) is 1.01. The Morgan fingerprint density at radius 2 is 1.58 bits per heavy atom. The van der Waals surface area contributed by atoms with Gasteiger partial charge in [0.2, 0.25) is 0 Å². The minimum Gasteiger partial charge on any atom is -0.508 e. The van der Waals surface area contributed by atoms with Gasteiger partial charge in [0.15, 0.2) is 5.76 Å². The molecule has 1 aliphatic rings. The van der Waals surface area contributed by atoms with Crippen molar-refractivity contribution < 1.29 is 37.7 Å². The van der Waals surface area contributed by atoms with Crippen molar-refractivity contribution in [2.24, 2.45) is 0 Å². The second-order valence-corrected chi connectivity index (χ2v) is 10.6. The number of ether oxygens (including phenoxy) is 2. The highest BCUT2D eigenvalue weighted by molar-refractivity contribution is 5.87. The molecule has 0 bridgehead atoms. The minimum atomic E-state index is -1.24. The van der Waals surface area contributed by atoms with Crippen LogP contribution in [0.15, 0.2) is 100 Å². The van der Waals surface area contributed by atoms with E-state index >= 15 is 0 Å². The lowest BCUT2D eigenvalue weighted by Gasteiger charge is -2.27. The van der Waals surface area contributed by atoms with Crippen molar-refractivity contribution in [2.75, 3.05) is 0 Å². The number of benzene rings is 3. The monoisotopic (exact) mass is 606 g/mol. The summed E-state index contributed by atoms with van der Waals surface area (Å²) in [6.45, 7) is 1.22. The Hall–Kier alpha value is -6.10. The molecule has 1 aliphatic heterocycles. The van der Waals surface area contributed by atoms with Crippen LogP contribution < -0.4 is 21.6 Å². The van der Waals surface area contributed by atoms with Crippen LogP contribution in [-0.2, 0) is 22.4 Å². The average molecular weight is 607 g/mol. The van der Waals surface area contributed by atoms with E-state index in [9.17, 15) is 29.4 Å². The van der Waals surface area contributed by atoms with Crippen molar-refractivity contribution in [3.05, 3.63) is 132 Å². The first-order chi connectivity index (χ1) is 21.6. The van der Waals surface area contributed by atoms with Crippen LogP contribution in [0.2, 0.25) is 0 Å². The number of carbonyl (C=O) groups excluding carboxylic acids is 1. The second-order valence-electron chi connectivity index (χ2n) is 10.6. The van der Waals surface area contributed by atoms with Gasteiger partial charge in [0.25, 0.3) is 6.29 Å². The van der Waals surface area contributed by atoms with Crippen molar-refractivity contribution >= 4 is 27.9 Å². The quantitative estimate of drug-likeness (QED) is 0.199. The van der Waals surface area contributed by atoms with Crippen LogP contribution in [0.25, 0.3) is 33.3 Å². The lowest BCUT2D eigenvalue weighted by molar-refractivity contribution is -0.162. The van der Waals surface area contributed by atoms with E-state index in [2.05, 4.69) is 0 Å². The molecule has 3 aromatic heterocycles. The van der Waals surface area contributed by atoms with Crippen molar-refractivity contribution in [3.8, 4) is 28.6 Å². The normalized spacial score (nSPS) is 13.7. The first kappa shape index (κ1) is 27.7. The van der Waals surface area contributed by atoms with Gasteiger partial charge < -0.3 is 32.9 Å². The Labute approximate surface area is 252 Å². The SMILES string of the molecule is CC(=O)OC1Oc2ccc(Cc3cc(=O)oc4cccc(O)c34)cc2-c2oc(=O)c(Cc3cc(=O)oc4ccc(O)cc34)cc21. The number of esters is 1. The zero-order chi connectivity index (χ0) is 31.4. The molecular formula is C34H22O11. The number of rotatable bonds is 5. The number of aromatic hydroxyl groups is 2. The molecule has 0 fully saturated rings. The van der Waals surface area contributed by atoms with E-state index in [1.54, 1.807) is 30.3 Å². The van der Waals surface area contributed by atoms with Crippen LogP contribution in [0.5, 0.6) is 17.2 Å². The third-order valence-corrected chi connectivity index (χ3v) is 7.51. The van der Waals surface area contributed by atoms with Gasteiger partial charge in [0.05, 0.1) is 16.5 Å². The van der Waals surface area contributed by atoms with Gasteiger partial charge in [0, 0.05) is 36.4 Å². The summed E-state index contributed by atoms with van der Waals surface area (Å²) in [4.78, 5) is 49.9. The van der Waals surface area contributed by atoms with E-state index in [4.69, 9.17) is 22.7 Å². The molecule has 224 valence electrons. The maximum Gasteiger partial charge on any atom is 0.339 e. The molecular weight excluding hydrogens is 584 g/mol. The van der Waals surface area contributed by atoms with E-state index in [1.165, 1.54) is 49.4 Å². The van der Waals surface area contributed by atoms with E-state index in [1.807, 2.05) is 0 Å². The predicted molar refractivity (Wildman–Crippen MR) is 159 cm³/mol. The first-order valence-corrected chi connectivity index (χ1v) is 13.8. The molecule has 11 nitrogen and oxygen atoms in total. The molecule has 0 saturated carbocycles. The van der Waals surface area contributed by atoms with Gasteiger partial charge in [0.1, 0.15) is 28.4 Å². The summed E-state index contributed by atoms with van der Waals surface area (Å²) in [5, 5.41) is 21.3. The molecule has 45 heavy (non-hydrogen) atoms. The van der Waals surface area contributed by atoms with Crippen LogP contribution in [0.3, 0.4) is 0 Å². The zero-order valence-electron chi connectivity index (χ0n) is 23.5. The molecule has 0 radical (unpaired) electrons. The standard InChI is InChI=1S/C34H22O11/c1-16(35)41-34-24-12-20(11-18-13-29(38)42-26-8-6-21(36)15-22(18)26)33(40)45-32(24)23-10-17(5-7-27(23)44-34)9-19-14-30(39)43-28-4-2-3-25(37)31(19)28/h2-8,10,12-15,34,36-37H,9,11H2,1H3. The van der Waals surface area contributed by atoms with E-state index in [0.717, 1.165) is 0 Å². The van der Waals surface area contributed by atoms with Gasteiger partial charge >= 0.3 is 22.8 Å². The largest absolute Gasteiger partial charge is 0.508 e. The number of fused-ring (bicyclic) bond motifs is 5. The fourth-order valence-corrected chi connectivity index (χ4v) is 5.63. The Kier molecular flexibility index (Phi) is 6.51. The molecule has 7 rings (SSSR count). The Balaban J connectivity index is 1.33. The maximum absolute atomic E-state index is 13.4. The van der Waals surface area contributed by atoms with Gasteiger partial charge in [-0.2, -0.15) is 0 Å². The molecule has 0 aliphatic carbocycles. The van der Waals surface area contributed by atoms with Crippen molar-refractivity contribution in [2.45, 2.75) is 26.1 Å². The number of hydrogen-bond donors (Lipinski definition) is 2. The highest BCUT2D eigenvalue weighted by Crippen LogP contribution is 2.43. The Morgan fingerprint density at radius 3 is 2.38 bits per heavy atom. The summed E-state index contributed by atoms with van der Waals surface area (Å²) in [6.07, 6.45) is -1.08. The van der Waals surface area contributed by atoms with Crippen LogP contribution in [0.1, 0.15) is 41.0 Å². The molecule has 0 amide bonds. The lowest BCUT2D eigenvalue weighted by Crippen LogP contribution is -2.22. The molecule has 0 spiro atoms. The number of phenolic OH excluding ortho intramolecular Hbond substituents is 2. The van der Waals surface area contributed by atoms with Gasteiger partial charge in [-0.3, -0.25) is 4.79 Å². The van der Waals surface area contributed by atoms with E-state index < -0.39 is 29.1 Å². The first-order valence-electron chi connectivity index (χ1n) is 13.8. The molecule has 11 heteroatoms. The van der Waals surface area contributed by atoms with Gasteiger partial charge in [-0.1, -0.05) is 12.1 Å². The highest BCUT2D eigenvalue weighted by atomic mass is 16.7. The summed E-state index contributed by atoms with van der Waals surface area (Å²) in [6, 6.07) is 18.1. The Bertz CT molecular complexity index is 2360. The van der Waals surface area contributed by atoms with Gasteiger partial charge in [-0.15, -0.1) is 0 Å². The predicted octanol–water partition coefficient (Wildman–Crippen LogP) is 5.07. The summed E-state index contributed by atoms with van der Waals surface area (Å²) >= 11 is 0. The van der Waals surface area contributed by atoms with Crippen LogP contribution in [0.4, 0.5) is 0 Å². The Morgan fingerprint density at radius 1 is 0.800 bits per heavy atom. The van der Waals surface area contributed by atoms with Gasteiger partial charge in [-0.05, 0) is 71.6 Å². The van der Waals surface area contributed by atoms with E-state index in [0.29, 0.717) is 33.0 Å². The summed E-state index contributed by atoms with van der Waals surface area (Å²) in [7, 11) is 0. The molecule has 1 atom stereocenters. The van der Waals surface area contributed by atoms with Crippen LogP contribution in [-0.4, -0.2) is 16.2 Å². The molecule has 2 N–H and O–H groups in total. The third-order valence-electron chi connectivity index (χ3n) is 7.51. The van der Waals surface area contributed by atoms with E-state index in [-0.39, 0.29) is 58.1 Å². The minimum absolute atomic E-state index is 0.0418. The number of phenols is 2. The number of hydrogen-bond acceptors (Lipinski definition) is 11. The van der Waals surface area contributed by atoms with Crippen LogP contribution >= 0.6 is 0 Å².